The number of carboxylic acids is 1. The Hall–Kier alpha value is -1.88. The normalized spacial score (nSPS) is 10.6. The first-order valence-electron chi connectivity index (χ1n) is 5.51. The van der Waals surface area contributed by atoms with Gasteiger partial charge in [-0.05, 0) is 31.2 Å². The molecule has 1 aromatic heterocycles. The zero-order chi connectivity index (χ0) is 13.1. The molecule has 18 heavy (non-hydrogen) atoms. The fourth-order valence-corrected chi connectivity index (χ4v) is 1.74. The van der Waals surface area contributed by atoms with Crippen molar-refractivity contribution in [3.8, 4) is 11.4 Å². The molecule has 0 spiro atoms. The summed E-state index contributed by atoms with van der Waals surface area (Å²) in [6, 6.07) is 7.12. The number of hydrogen-bond donors (Lipinski definition) is 1. The Labute approximate surface area is 109 Å². The fourth-order valence-electron chi connectivity index (χ4n) is 1.61. The Bertz CT molecular complexity index is 563. The van der Waals surface area contributed by atoms with Crippen LogP contribution in [-0.4, -0.2) is 25.8 Å². The van der Waals surface area contributed by atoms with Crippen LogP contribution in [-0.2, 0) is 17.8 Å². The first-order chi connectivity index (χ1) is 8.60. The van der Waals surface area contributed by atoms with Gasteiger partial charge in [0.1, 0.15) is 12.2 Å². The summed E-state index contributed by atoms with van der Waals surface area (Å²) < 4.78 is 1.60. The standard InChI is InChI=1S/C12H12ClN3O2/c1-2-16-10(7-11(17)18)14-12(15-16)8-3-5-9(13)6-4-8/h3-6H,2,7H2,1H3,(H,17,18). The molecule has 0 radical (unpaired) electrons. The van der Waals surface area contributed by atoms with Crippen molar-refractivity contribution in [2.75, 3.05) is 0 Å². The lowest BCUT2D eigenvalue weighted by Crippen LogP contribution is -2.09. The Morgan fingerprint density at radius 2 is 2.06 bits per heavy atom. The molecule has 0 saturated carbocycles. The summed E-state index contributed by atoms with van der Waals surface area (Å²) in [7, 11) is 0. The summed E-state index contributed by atoms with van der Waals surface area (Å²) >= 11 is 5.81. The minimum Gasteiger partial charge on any atom is -0.481 e. The minimum atomic E-state index is -0.917. The van der Waals surface area contributed by atoms with Crippen molar-refractivity contribution in [2.24, 2.45) is 0 Å². The number of hydrogen-bond acceptors (Lipinski definition) is 3. The van der Waals surface area contributed by atoms with Gasteiger partial charge in [-0.1, -0.05) is 11.6 Å². The molecule has 94 valence electrons. The summed E-state index contributed by atoms with van der Waals surface area (Å²) in [6.07, 6.45) is -0.131. The van der Waals surface area contributed by atoms with E-state index < -0.39 is 5.97 Å². The number of rotatable bonds is 4. The molecule has 0 amide bonds. The van der Waals surface area contributed by atoms with E-state index in [1.807, 2.05) is 19.1 Å². The highest BCUT2D eigenvalue weighted by Crippen LogP contribution is 2.18. The average Bonchev–Trinajstić information content (AvgIpc) is 2.72. The molecular formula is C12H12ClN3O2. The zero-order valence-electron chi connectivity index (χ0n) is 9.80. The van der Waals surface area contributed by atoms with E-state index in [2.05, 4.69) is 10.1 Å². The molecule has 1 N–H and O–H groups in total. The van der Waals surface area contributed by atoms with Crippen molar-refractivity contribution in [3.63, 3.8) is 0 Å². The van der Waals surface area contributed by atoms with E-state index in [0.29, 0.717) is 23.2 Å². The molecule has 0 aliphatic rings. The zero-order valence-corrected chi connectivity index (χ0v) is 10.6. The first kappa shape index (κ1) is 12.6. The topological polar surface area (TPSA) is 68.0 Å². The van der Waals surface area contributed by atoms with Gasteiger partial charge in [-0.15, -0.1) is 0 Å². The quantitative estimate of drug-likeness (QED) is 0.921. The van der Waals surface area contributed by atoms with E-state index in [-0.39, 0.29) is 6.42 Å². The van der Waals surface area contributed by atoms with Crippen molar-refractivity contribution < 1.29 is 9.90 Å². The Morgan fingerprint density at radius 3 is 2.61 bits per heavy atom. The number of carbonyl (C=O) groups is 1. The molecule has 0 aliphatic heterocycles. The maximum Gasteiger partial charge on any atom is 0.311 e. The largest absolute Gasteiger partial charge is 0.481 e. The van der Waals surface area contributed by atoms with Gasteiger partial charge in [0, 0.05) is 17.1 Å². The second-order valence-electron chi connectivity index (χ2n) is 3.74. The third-order valence-electron chi connectivity index (χ3n) is 2.46. The lowest BCUT2D eigenvalue weighted by molar-refractivity contribution is -0.136. The Morgan fingerprint density at radius 1 is 1.39 bits per heavy atom. The van der Waals surface area contributed by atoms with Crippen LogP contribution in [0.5, 0.6) is 0 Å². The molecule has 0 unspecified atom stereocenters. The smallest absolute Gasteiger partial charge is 0.311 e. The minimum absolute atomic E-state index is 0.131. The van der Waals surface area contributed by atoms with Gasteiger partial charge in [0.2, 0.25) is 0 Å². The van der Waals surface area contributed by atoms with E-state index >= 15 is 0 Å². The van der Waals surface area contributed by atoms with Crippen LogP contribution in [0.3, 0.4) is 0 Å². The van der Waals surface area contributed by atoms with Gasteiger partial charge in [0.05, 0.1) is 0 Å². The van der Waals surface area contributed by atoms with Crippen molar-refractivity contribution in [1.29, 1.82) is 0 Å². The van der Waals surface area contributed by atoms with Gasteiger partial charge in [-0.3, -0.25) is 4.79 Å². The van der Waals surface area contributed by atoms with Crippen molar-refractivity contribution >= 4 is 17.6 Å². The van der Waals surface area contributed by atoms with Gasteiger partial charge in [0.15, 0.2) is 5.82 Å². The third kappa shape index (κ3) is 2.68. The summed E-state index contributed by atoms with van der Waals surface area (Å²) in [5.41, 5.74) is 0.818. The van der Waals surface area contributed by atoms with E-state index in [4.69, 9.17) is 16.7 Å². The number of carboxylic acid groups (broad SMARTS) is 1. The SMILES string of the molecule is CCn1nc(-c2ccc(Cl)cc2)nc1CC(=O)O. The van der Waals surface area contributed by atoms with Crippen molar-refractivity contribution in [2.45, 2.75) is 19.9 Å². The summed E-state index contributed by atoms with van der Waals surface area (Å²) in [6.45, 7) is 2.48. The monoisotopic (exact) mass is 265 g/mol. The van der Waals surface area contributed by atoms with Gasteiger partial charge in [0.25, 0.3) is 0 Å². The first-order valence-corrected chi connectivity index (χ1v) is 5.89. The summed E-state index contributed by atoms with van der Waals surface area (Å²) in [5, 5.41) is 13.7. The predicted octanol–water partition coefficient (Wildman–Crippen LogP) is 2.25. The fraction of sp³-hybridized carbons (Fsp3) is 0.250. The van der Waals surface area contributed by atoms with Crippen LogP contribution >= 0.6 is 11.6 Å². The van der Waals surface area contributed by atoms with Gasteiger partial charge in [-0.25, -0.2) is 9.67 Å². The highest BCUT2D eigenvalue weighted by Gasteiger charge is 2.13. The predicted molar refractivity (Wildman–Crippen MR) is 67.5 cm³/mol. The molecular weight excluding hydrogens is 254 g/mol. The highest BCUT2D eigenvalue weighted by molar-refractivity contribution is 6.30. The van der Waals surface area contributed by atoms with Gasteiger partial charge >= 0.3 is 5.97 Å². The second kappa shape index (κ2) is 5.18. The van der Waals surface area contributed by atoms with Crippen LogP contribution in [0, 0.1) is 0 Å². The molecule has 6 heteroatoms. The Balaban J connectivity index is 2.37. The lowest BCUT2D eigenvalue weighted by Gasteiger charge is -1.97. The van der Waals surface area contributed by atoms with Crippen molar-refractivity contribution in [1.82, 2.24) is 14.8 Å². The molecule has 0 atom stereocenters. The van der Waals surface area contributed by atoms with E-state index in [9.17, 15) is 4.79 Å². The van der Waals surface area contributed by atoms with E-state index in [1.54, 1.807) is 16.8 Å². The summed E-state index contributed by atoms with van der Waals surface area (Å²) in [4.78, 5) is 15.0. The molecule has 2 aromatic rings. The molecule has 0 bridgehead atoms. The molecule has 0 fully saturated rings. The number of nitrogens with zero attached hydrogens (tertiary/aromatic N) is 3. The molecule has 1 heterocycles. The molecule has 0 saturated heterocycles. The second-order valence-corrected chi connectivity index (χ2v) is 4.18. The maximum atomic E-state index is 10.7. The van der Waals surface area contributed by atoms with E-state index in [0.717, 1.165) is 5.56 Å². The number of benzene rings is 1. The average molecular weight is 266 g/mol. The number of aryl methyl sites for hydroxylation is 1. The van der Waals surface area contributed by atoms with Crippen LogP contribution in [0.25, 0.3) is 11.4 Å². The lowest BCUT2D eigenvalue weighted by atomic mass is 10.2. The van der Waals surface area contributed by atoms with Gasteiger partial charge < -0.3 is 5.11 Å². The van der Waals surface area contributed by atoms with Crippen LogP contribution in [0.4, 0.5) is 0 Å². The van der Waals surface area contributed by atoms with Crippen molar-refractivity contribution in [3.05, 3.63) is 35.1 Å². The van der Waals surface area contributed by atoms with Crippen LogP contribution in [0.2, 0.25) is 5.02 Å². The summed E-state index contributed by atoms with van der Waals surface area (Å²) in [5.74, 6) is 0.0551. The van der Waals surface area contributed by atoms with Crippen LogP contribution < -0.4 is 0 Å². The molecule has 2 rings (SSSR count). The van der Waals surface area contributed by atoms with Gasteiger partial charge in [-0.2, -0.15) is 5.10 Å². The molecule has 1 aromatic carbocycles. The number of aromatic nitrogens is 3. The third-order valence-corrected chi connectivity index (χ3v) is 2.71. The van der Waals surface area contributed by atoms with Crippen LogP contribution in [0.15, 0.2) is 24.3 Å². The van der Waals surface area contributed by atoms with E-state index in [1.165, 1.54) is 0 Å². The highest BCUT2D eigenvalue weighted by atomic mass is 35.5. The molecule has 5 nitrogen and oxygen atoms in total. The maximum absolute atomic E-state index is 10.7. The Kier molecular flexibility index (Phi) is 3.62. The number of aliphatic carboxylic acids is 1. The number of halogens is 1. The van der Waals surface area contributed by atoms with Crippen LogP contribution in [0.1, 0.15) is 12.7 Å². The molecule has 0 aliphatic carbocycles.